The number of hydrogen-bond donors (Lipinski definition) is 1. The largest absolute Gasteiger partial charge is 0.319 e. The van der Waals surface area contributed by atoms with E-state index in [1.165, 1.54) is 0 Å². The molecule has 0 heterocycles. The fraction of sp³-hybridized carbons (Fsp3) is 0.250. The first-order valence-electron chi connectivity index (χ1n) is 3.30. The van der Waals surface area contributed by atoms with Crippen LogP contribution in [-0.4, -0.2) is 6.43 Å². The maximum absolute atomic E-state index is 12.0. The molecule has 3 heteroatoms. The molecule has 0 aliphatic heterocycles. The van der Waals surface area contributed by atoms with Crippen LogP contribution in [-0.2, 0) is 0 Å². The molecule has 11 heavy (non-hydrogen) atoms. The monoisotopic (exact) mass is 157 g/mol. The SMILES string of the molecule is N[C@@H](c1ccccc1)C(F)F. The number of hydrogen-bond acceptors (Lipinski definition) is 1. The van der Waals surface area contributed by atoms with Crippen molar-refractivity contribution in [3.63, 3.8) is 0 Å². The zero-order valence-electron chi connectivity index (χ0n) is 5.87. The Kier molecular flexibility index (Phi) is 2.54. The van der Waals surface area contributed by atoms with Gasteiger partial charge in [-0.25, -0.2) is 8.78 Å². The molecule has 1 atom stereocenters. The Morgan fingerprint density at radius 3 is 2.09 bits per heavy atom. The summed E-state index contributed by atoms with van der Waals surface area (Å²) in [7, 11) is 0. The quantitative estimate of drug-likeness (QED) is 0.697. The summed E-state index contributed by atoms with van der Waals surface area (Å²) in [5.74, 6) is 0. The van der Waals surface area contributed by atoms with Crippen LogP contribution in [0.1, 0.15) is 11.6 Å². The van der Waals surface area contributed by atoms with Crippen molar-refractivity contribution in [1.82, 2.24) is 0 Å². The van der Waals surface area contributed by atoms with Gasteiger partial charge in [-0.3, -0.25) is 0 Å². The maximum atomic E-state index is 12.0. The Hall–Kier alpha value is -0.960. The van der Waals surface area contributed by atoms with Crippen molar-refractivity contribution < 1.29 is 8.78 Å². The Balaban J connectivity index is 2.77. The zero-order valence-corrected chi connectivity index (χ0v) is 5.87. The van der Waals surface area contributed by atoms with Crippen molar-refractivity contribution >= 4 is 0 Å². The Bertz CT molecular complexity index is 211. The first-order valence-corrected chi connectivity index (χ1v) is 3.30. The predicted molar refractivity (Wildman–Crippen MR) is 39.4 cm³/mol. The number of alkyl halides is 2. The molecule has 60 valence electrons. The molecular weight excluding hydrogens is 148 g/mol. The molecule has 0 spiro atoms. The first kappa shape index (κ1) is 8.14. The van der Waals surface area contributed by atoms with Crippen LogP contribution in [0.15, 0.2) is 30.3 Å². The van der Waals surface area contributed by atoms with E-state index in [1.807, 2.05) is 0 Å². The van der Waals surface area contributed by atoms with Gasteiger partial charge in [0.15, 0.2) is 0 Å². The lowest BCUT2D eigenvalue weighted by Gasteiger charge is -2.09. The highest BCUT2D eigenvalue weighted by molar-refractivity contribution is 5.18. The molecule has 2 N–H and O–H groups in total. The van der Waals surface area contributed by atoms with Crippen molar-refractivity contribution in [2.45, 2.75) is 12.5 Å². The molecule has 0 unspecified atom stereocenters. The van der Waals surface area contributed by atoms with Crippen molar-refractivity contribution in [2.24, 2.45) is 5.73 Å². The summed E-state index contributed by atoms with van der Waals surface area (Å²) in [4.78, 5) is 0. The zero-order chi connectivity index (χ0) is 8.27. The van der Waals surface area contributed by atoms with Gasteiger partial charge in [0.2, 0.25) is 0 Å². The molecule has 0 saturated carbocycles. The van der Waals surface area contributed by atoms with Crippen LogP contribution in [0.5, 0.6) is 0 Å². The molecule has 0 aliphatic rings. The highest BCUT2D eigenvalue weighted by Gasteiger charge is 2.16. The summed E-state index contributed by atoms with van der Waals surface area (Å²) in [6.07, 6.45) is -2.49. The Labute approximate surface area is 63.8 Å². The highest BCUT2D eigenvalue weighted by Crippen LogP contribution is 2.16. The summed E-state index contributed by atoms with van der Waals surface area (Å²) in [6, 6.07) is 7.18. The van der Waals surface area contributed by atoms with Gasteiger partial charge in [-0.1, -0.05) is 30.3 Å². The van der Waals surface area contributed by atoms with Gasteiger partial charge in [0.25, 0.3) is 6.43 Å². The van der Waals surface area contributed by atoms with Crippen molar-refractivity contribution in [1.29, 1.82) is 0 Å². The second-order valence-corrected chi connectivity index (χ2v) is 2.27. The third kappa shape index (κ3) is 1.98. The molecule has 0 bridgehead atoms. The third-order valence-corrected chi connectivity index (χ3v) is 1.46. The minimum absolute atomic E-state index is 0.475. The van der Waals surface area contributed by atoms with Crippen molar-refractivity contribution in [2.75, 3.05) is 0 Å². The minimum Gasteiger partial charge on any atom is -0.319 e. The van der Waals surface area contributed by atoms with E-state index in [1.54, 1.807) is 30.3 Å². The maximum Gasteiger partial charge on any atom is 0.257 e. The summed E-state index contributed by atoms with van der Waals surface area (Å²) in [6.45, 7) is 0. The van der Waals surface area contributed by atoms with Gasteiger partial charge in [0, 0.05) is 0 Å². The van der Waals surface area contributed by atoms with E-state index in [0.717, 1.165) is 0 Å². The standard InChI is InChI=1S/C8H9F2N/c9-8(10)7(11)6-4-2-1-3-5-6/h1-5,7-8H,11H2/t7-/m0/s1. The lowest BCUT2D eigenvalue weighted by atomic mass is 10.1. The van der Waals surface area contributed by atoms with Gasteiger partial charge in [0.05, 0.1) is 6.04 Å². The van der Waals surface area contributed by atoms with Gasteiger partial charge >= 0.3 is 0 Å². The fourth-order valence-corrected chi connectivity index (χ4v) is 0.821. The van der Waals surface area contributed by atoms with E-state index in [-0.39, 0.29) is 0 Å². The van der Waals surface area contributed by atoms with Crippen molar-refractivity contribution in [3.8, 4) is 0 Å². The van der Waals surface area contributed by atoms with E-state index >= 15 is 0 Å². The van der Waals surface area contributed by atoms with Gasteiger partial charge in [-0.2, -0.15) is 0 Å². The second-order valence-electron chi connectivity index (χ2n) is 2.27. The van der Waals surface area contributed by atoms with Crippen LogP contribution in [0.2, 0.25) is 0 Å². The van der Waals surface area contributed by atoms with E-state index in [4.69, 9.17) is 5.73 Å². The normalized spacial score (nSPS) is 13.5. The van der Waals surface area contributed by atoms with E-state index in [0.29, 0.717) is 5.56 Å². The summed E-state index contributed by atoms with van der Waals surface area (Å²) < 4.78 is 24.0. The summed E-state index contributed by atoms with van der Waals surface area (Å²) in [5.41, 5.74) is 5.66. The Morgan fingerprint density at radius 2 is 1.64 bits per heavy atom. The molecule has 1 aromatic carbocycles. The van der Waals surface area contributed by atoms with Crippen LogP contribution in [0.25, 0.3) is 0 Å². The molecule has 1 rings (SSSR count). The first-order chi connectivity index (χ1) is 5.22. The van der Waals surface area contributed by atoms with Crippen LogP contribution in [0.4, 0.5) is 8.78 Å². The van der Waals surface area contributed by atoms with Gasteiger partial charge in [0.1, 0.15) is 0 Å². The third-order valence-electron chi connectivity index (χ3n) is 1.46. The molecule has 1 nitrogen and oxygen atoms in total. The second kappa shape index (κ2) is 3.44. The summed E-state index contributed by atoms with van der Waals surface area (Å²) in [5, 5.41) is 0. The number of nitrogens with two attached hydrogens (primary N) is 1. The molecular formula is C8H9F2N. The van der Waals surface area contributed by atoms with Crippen LogP contribution >= 0.6 is 0 Å². The summed E-state index contributed by atoms with van der Waals surface area (Å²) >= 11 is 0. The topological polar surface area (TPSA) is 26.0 Å². The lowest BCUT2D eigenvalue weighted by molar-refractivity contribution is 0.116. The van der Waals surface area contributed by atoms with Crippen LogP contribution in [0, 0.1) is 0 Å². The highest BCUT2D eigenvalue weighted by atomic mass is 19.3. The van der Waals surface area contributed by atoms with Crippen LogP contribution < -0.4 is 5.73 Å². The fourth-order valence-electron chi connectivity index (χ4n) is 0.821. The van der Waals surface area contributed by atoms with Gasteiger partial charge in [-0.15, -0.1) is 0 Å². The lowest BCUT2D eigenvalue weighted by Crippen LogP contribution is -2.18. The molecule has 0 saturated heterocycles. The Morgan fingerprint density at radius 1 is 1.09 bits per heavy atom. The van der Waals surface area contributed by atoms with E-state index in [9.17, 15) is 8.78 Å². The smallest absolute Gasteiger partial charge is 0.257 e. The molecule has 0 aromatic heterocycles. The minimum atomic E-state index is -2.49. The van der Waals surface area contributed by atoms with Crippen molar-refractivity contribution in [3.05, 3.63) is 35.9 Å². The molecule has 0 fully saturated rings. The molecule has 1 aromatic rings. The number of rotatable bonds is 2. The molecule has 0 radical (unpaired) electrons. The van der Waals surface area contributed by atoms with E-state index < -0.39 is 12.5 Å². The molecule has 0 amide bonds. The molecule has 0 aliphatic carbocycles. The van der Waals surface area contributed by atoms with Gasteiger partial charge in [-0.05, 0) is 5.56 Å². The number of benzene rings is 1. The number of halogens is 2. The predicted octanol–water partition coefficient (Wildman–Crippen LogP) is 1.95. The average Bonchev–Trinajstić information content (AvgIpc) is 2.05. The van der Waals surface area contributed by atoms with Crippen LogP contribution in [0.3, 0.4) is 0 Å². The van der Waals surface area contributed by atoms with Gasteiger partial charge < -0.3 is 5.73 Å². The average molecular weight is 157 g/mol. The van der Waals surface area contributed by atoms with E-state index in [2.05, 4.69) is 0 Å².